The van der Waals surface area contributed by atoms with E-state index < -0.39 is 0 Å². The summed E-state index contributed by atoms with van der Waals surface area (Å²) in [5, 5.41) is 3.68. The SMILES string of the molecule is CC1CC(C)(C)CC1NCC1COc2ccccc2O1. The monoisotopic (exact) mass is 275 g/mol. The van der Waals surface area contributed by atoms with Crippen molar-refractivity contribution in [1.82, 2.24) is 5.32 Å². The molecule has 3 nitrogen and oxygen atoms in total. The molecule has 0 bridgehead atoms. The summed E-state index contributed by atoms with van der Waals surface area (Å²) in [4.78, 5) is 0. The van der Waals surface area contributed by atoms with E-state index >= 15 is 0 Å². The van der Waals surface area contributed by atoms with Gasteiger partial charge in [0.1, 0.15) is 12.7 Å². The largest absolute Gasteiger partial charge is 0.486 e. The topological polar surface area (TPSA) is 30.5 Å². The van der Waals surface area contributed by atoms with Gasteiger partial charge in [0.25, 0.3) is 0 Å². The molecule has 0 spiro atoms. The maximum absolute atomic E-state index is 5.99. The van der Waals surface area contributed by atoms with Crippen molar-refractivity contribution < 1.29 is 9.47 Å². The average molecular weight is 275 g/mol. The van der Waals surface area contributed by atoms with Crippen LogP contribution in [-0.4, -0.2) is 25.3 Å². The summed E-state index contributed by atoms with van der Waals surface area (Å²) in [5.74, 6) is 2.46. The van der Waals surface area contributed by atoms with Gasteiger partial charge in [-0.15, -0.1) is 0 Å². The number of fused-ring (bicyclic) bond motifs is 1. The Bertz CT molecular complexity index is 472. The van der Waals surface area contributed by atoms with E-state index in [4.69, 9.17) is 9.47 Å². The van der Waals surface area contributed by atoms with Crippen LogP contribution in [0.4, 0.5) is 0 Å². The number of ether oxygens (including phenoxy) is 2. The molecular weight excluding hydrogens is 250 g/mol. The number of rotatable bonds is 3. The minimum absolute atomic E-state index is 0.112. The van der Waals surface area contributed by atoms with Gasteiger partial charge in [0.05, 0.1) is 0 Å². The van der Waals surface area contributed by atoms with Crippen LogP contribution in [0.2, 0.25) is 0 Å². The molecule has 2 aliphatic rings. The van der Waals surface area contributed by atoms with Gasteiger partial charge >= 0.3 is 0 Å². The smallest absolute Gasteiger partial charge is 0.161 e. The highest BCUT2D eigenvalue weighted by Crippen LogP contribution is 2.40. The second-order valence-corrected chi connectivity index (χ2v) is 7.06. The van der Waals surface area contributed by atoms with Gasteiger partial charge in [-0.25, -0.2) is 0 Å². The van der Waals surface area contributed by atoms with E-state index in [-0.39, 0.29) is 6.10 Å². The molecule has 3 rings (SSSR count). The molecule has 1 aromatic rings. The molecule has 1 heterocycles. The fourth-order valence-corrected chi connectivity index (χ4v) is 3.61. The summed E-state index contributed by atoms with van der Waals surface area (Å²) in [7, 11) is 0. The Hall–Kier alpha value is -1.22. The predicted octanol–water partition coefficient (Wildman–Crippen LogP) is 3.24. The van der Waals surface area contributed by atoms with Crippen LogP contribution in [0.15, 0.2) is 24.3 Å². The zero-order chi connectivity index (χ0) is 14.2. The van der Waals surface area contributed by atoms with Crippen LogP contribution in [0.5, 0.6) is 11.5 Å². The zero-order valence-electron chi connectivity index (χ0n) is 12.7. The van der Waals surface area contributed by atoms with E-state index in [0.29, 0.717) is 18.1 Å². The van der Waals surface area contributed by atoms with Crippen LogP contribution >= 0.6 is 0 Å². The van der Waals surface area contributed by atoms with Crippen molar-refractivity contribution >= 4 is 0 Å². The molecule has 1 aromatic carbocycles. The van der Waals surface area contributed by atoms with Crippen molar-refractivity contribution in [3.05, 3.63) is 24.3 Å². The van der Waals surface area contributed by atoms with Gasteiger partial charge in [-0.3, -0.25) is 0 Å². The van der Waals surface area contributed by atoms with Gasteiger partial charge < -0.3 is 14.8 Å². The van der Waals surface area contributed by atoms with Crippen LogP contribution in [-0.2, 0) is 0 Å². The van der Waals surface area contributed by atoms with Gasteiger partial charge in [0.2, 0.25) is 0 Å². The van der Waals surface area contributed by atoms with E-state index in [1.165, 1.54) is 12.8 Å². The summed E-state index contributed by atoms with van der Waals surface area (Å²) in [5.41, 5.74) is 0.466. The Morgan fingerprint density at radius 2 is 1.95 bits per heavy atom. The molecule has 3 atom stereocenters. The summed E-state index contributed by atoms with van der Waals surface area (Å²) in [6, 6.07) is 8.50. The Morgan fingerprint density at radius 3 is 2.65 bits per heavy atom. The molecule has 0 aromatic heterocycles. The fraction of sp³-hybridized carbons (Fsp3) is 0.647. The lowest BCUT2D eigenvalue weighted by atomic mass is 9.91. The Labute approximate surface area is 121 Å². The third-order valence-corrected chi connectivity index (χ3v) is 4.51. The average Bonchev–Trinajstić information content (AvgIpc) is 2.69. The molecule has 0 amide bonds. The highest BCUT2D eigenvalue weighted by molar-refractivity contribution is 5.40. The second-order valence-electron chi connectivity index (χ2n) is 7.06. The first kappa shape index (κ1) is 13.7. The molecule has 1 aliphatic carbocycles. The van der Waals surface area contributed by atoms with Crippen LogP contribution in [0, 0.1) is 11.3 Å². The predicted molar refractivity (Wildman–Crippen MR) is 80.3 cm³/mol. The molecule has 1 saturated carbocycles. The highest BCUT2D eigenvalue weighted by Gasteiger charge is 2.36. The van der Waals surface area contributed by atoms with E-state index in [0.717, 1.165) is 24.0 Å². The van der Waals surface area contributed by atoms with Crippen molar-refractivity contribution in [3.8, 4) is 11.5 Å². The first-order chi connectivity index (χ1) is 9.53. The van der Waals surface area contributed by atoms with Crippen molar-refractivity contribution in [1.29, 1.82) is 0 Å². The third kappa shape index (κ3) is 2.93. The maximum atomic E-state index is 5.99. The van der Waals surface area contributed by atoms with E-state index in [9.17, 15) is 0 Å². The summed E-state index contributed by atoms with van der Waals surface area (Å²) in [6.45, 7) is 8.57. The van der Waals surface area contributed by atoms with Crippen molar-refractivity contribution in [2.75, 3.05) is 13.2 Å². The number of para-hydroxylation sites is 2. The first-order valence-electron chi connectivity index (χ1n) is 7.65. The quantitative estimate of drug-likeness (QED) is 0.918. The molecule has 1 fully saturated rings. The number of nitrogens with one attached hydrogen (secondary N) is 1. The second kappa shape index (κ2) is 5.28. The minimum Gasteiger partial charge on any atom is -0.486 e. The Kier molecular flexibility index (Phi) is 3.63. The number of benzene rings is 1. The molecule has 0 radical (unpaired) electrons. The van der Waals surface area contributed by atoms with Crippen LogP contribution < -0.4 is 14.8 Å². The summed E-state index contributed by atoms with van der Waals surface area (Å²) >= 11 is 0. The maximum Gasteiger partial charge on any atom is 0.161 e. The van der Waals surface area contributed by atoms with E-state index in [1.54, 1.807) is 0 Å². The Morgan fingerprint density at radius 1 is 1.20 bits per heavy atom. The van der Waals surface area contributed by atoms with Gasteiger partial charge in [-0.2, -0.15) is 0 Å². The van der Waals surface area contributed by atoms with Gasteiger partial charge in [0, 0.05) is 12.6 Å². The van der Waals surface area contributed by atoms with Crippen LogP contribution in [0.3, 0.4) is 0 Å². The van der Waals surface area contributed by atoms with Gasteiger partial charge in [0.15, 0.2) is 11.5 Å². The highest BCUT2D eigenvalue weighted by atomic mass is 16.6. The van der Waals surface area contributed by atoms with Crippen molar-refractivity contribution in [3.63, 3.8) is 0 Å². The fourth-order valence-electron chi connectivity index (χ4n) is 3.61. The van der Waals surface area contributed by atoms with Crippen LogP contribution in [0.1, 0.15) is 33.6 Å². The molecule has 1 N–H and O–H groups in total. The number of hydrogen-bond donors (Lipinski definition) is 1. The summed E-state index contributed by atoms with van der Waals surface area (Å²) in [6.07, 6.45) is 2.66. The van der Waals surface area contributed by atoms with Crippen LogP contribution in [0.25, 0.3) is 0 Å². The Balaban J connectivity index is 1.53. The first-order valence-corrected chi connectivity index (χ1v) is 7.65. The van der Waals surface area contributed by atoms with E-state index in [2.05, 4.69) is 26.1 Å². The van der Waals surface area contributed by atoms with Crippen molar-refractivity contribution in [2.24, 2.45) is 11.3 Å². The molecule has 1 aliphatic heterocycles. The van der Waals surface area contributed by atoms with Gasteiger partial charge in [-0.05, 0) is 36.3 Å². The normalized spacial score (nSPS) is 31.2. The van der Waals surface area contributed by atoms with E-state index in [1.807, 2.05) is 24.3 Å². The summed E-state index contributed by atoms with van der Waals surface area (Å²) < 4.78 is 11.7. The van der Waals surface area contributed by atoms with Gasteiger partial charge in [-0.1, -0.05) is 32.9 Å². The molecule has 0 saturated heterocycles. The molecule has 110 valence electrons. The molecule has 3 heteroatoms. The molecule has 3 unspecified atom stereocenters. The molecule has 20 heavy (non-hydrogen) atoms. The minimum atomic E-state index is 0.112. The molecular formula is C17H25NO2. The zero-order valence-corrected chi connectivity index (χ0v) is 12.7. The standard InChI is InChI=1S/C17H25NO2/c1-12-8-17(2,3)9-14(12)18-10-13-11-19-15-6-4-5-7-16(15)20-13/h4-7,12-14,18H,8-11H2,1-3H3. The number of hydrogen-bond acceptors (Lipinski definition) is 3. The van der Waals surface area contributed by atoms with Crippen molar-refractivity contribution in [2.45, 2.75) is 45.8 Å². The lowest BCUT2D eigenvalue weighted by molar-refractivity contribution is 0.0870. The lowest BCUT2D eigenvalue weighted by Crippen LogP contribution is -2.43. The lowest BCUT2D eigenvalue weighted by Gasteiger charge is -2.28. The third-order valence-electron chi connectivity index (χ3n) is 4.51.